The van der Waals surface area contributed by atoms with Gasteiger partial charge in [0.1, 0.15) is 0 Å². The maximum Gasteiger partial charge on any atom is 0.0952 e. The third kappa shape index (κ3) is 1.25. The number of nitrogens with zero attached hydrogens (tertiary/aromatic N) is 2. The van der Waals surface area contributed by atoms with Crippen LogP contribution in [-0.4, -0.2) is 21.3 Å². The van der Waals surface area contributed by atoms with Gasteiger partial charge in [0, 0.05) is 12.4 Å². The van der Waals surface area contributed by atoms with Gasteiger partial charge < -0.3 is 9.67 Å². The molecule has 1 atom stereocenters. The fraction of sp³-hybridized carbons (Fsp3) is 0.286. The van der Waals surface area contributed by atoms with Crippen LogP contribution in [0.2, 0.25) is 0 Å². The summed E-state index contributed by atoms with van der Waals surface area (Å²) in [6.45, 7) is 3.65. The molecule has 1 aromatic heterocycles. The van der Waals surface area contributed by atoms with Crippen LogP contribution in [0.1, 0.15) is 6.04 Å². The molecule has 1 heterocycles. The van der Waals surface area contributed by atoms with Gasteiger partial charge in [-0.25, -0.2) is 4.98 Å². The minimum atomic E-state index is -0.0394. The molecule has 1 rings (SSSR count). The quantitative estimate of drug-likeness (QED) is 0.621. The summed E-state index contributed by atoms with van der Waals surface area (Å²) in [5.74, 6) is 0. The summed E-state index contributed by atoms with van der Waals surface area (Å²) in [4.78, 5) is 3.84. The molecule has 54 valence electrons. The molecule has 0 fully saturated rings. The first kappa shape index (κ1) is 7.02. The van der Waals surface area contributed by atoms with Crippen molar-refractivity contribution >= 4 is 0 Å². The van der Waals surface area contributed by atoms with E-state index in [1.165, 1.54) is 0 Å². The van der Waals surface area contributed by atoms with E-state index in [2.05, 4.69) is 11.6 Å². The van der Waals surface area contributed by atoms with Crippen LogP contribution in [0.3, 0.4) is 0 Å². The fourth-order valence-electron chi connectivity index (χ4n) is 0.756. The Balaban J connectivity index is 2.73. The molecule has 1 aromatic rings. The molecule has 0 aliphatic heterocycles. The van der Waals surface area contributed by atoms with E-state index < -0.39 is 0 Å². The number of aliphatic hydroxyl groups is 1. The van der Waals surface area contributed by atoms with Crippen molar-refractivity contribution in [1.82, 2.24) is 9.55 Å². The highest BCUT2D eigenvalue weighted by Gasteiger charge is 2.01. The van der Waals surface area contributed by atoms with Gasteiger partial charge in [-0.1, -0.05) is 6.08 Å². The van der Waals surface area contributed by atoms with E-state index in [4.69, 9.17) is 5.11 Å². The number of imidazole rings is 1. The summed E-state index contributed by atoms with van der Waals surface area (Å²) >= 11 is 0. The average molecular weight is 138 g/mol. The second-order valence-electron chi connectivity index (χ2n) is 2.00. The van der Waals surface area contributed by atoms with E-state index in [0.717, 1.165) is 0 Å². The molecule has 3 heteroatoms. The Labute approximate surface area is 59.6 Å². The van der Waals surface area contributed by atoms with Gasteiger partial charge in [-0.3, -0.25) is 0 Å². The summed E-state index contributed by atoms with van der Waals surface area (Å²) in [6.07, 6.45) is 6.80. The van der Waals surface area contributed by atoms with Crippen molar-refractivity contribution in [1.29, 1.82) is 0 Å². The van der Waals surface area contributed by atoms with Gasteiger partial charge in [-0.15, -0.1) is 6.58 Å². The zero-order valence-corrected chi connectivity index (χ0v) is 5.64. The SMILES string of the molecule is C=CC(CO)n1ccnc1. The molecule has 0 aliphatic carbocycles. The molecule has 0 spiro atoms. The van der Waals surface area contributed by atoms with E-state index in [-0.39, 0.29) is 12.6 Å². The molecule has 1 unspecified atom stereocenters. The molecule has 10 heavy (non-hydrogen) atoms. The van der Waals surface area contributed by atoms with E-state index in [0.29, 0.717) is 0 Å². The number of aliphatic hydroxyl groups excluding tert-OH is 1. The lowest BCUT2D eigenvalue weighted by molar-refractivity contribution is 0.253. The monoisotopic (exact) mass is 138 g/mol. The predicted molar refractivity (Wildman–Crippen MR) is 38.5 cm³/mol. The van der Waals surface area contributed by atoms with Crippen LogP contribution >= 0.6 is 0 Å². The van der Waals surface area contributed by atoms with Crippen molar-refractivity contribution in [3.05, 3.63) is 31.4 Å². The highest BCUT2D eigenvalue weighted by atomic mass is 16.3. The highest BCUT2D eigenvalue weighted by Crippen LogP contribution is 2.03. The zero-order valence-electron chi connectivity index (χ0n) is 5.64. The van der Waals surface area contributed by atoms with Crippen LogP contribution in [0.4, 0.5) is 0 Å². The summed E-state index contributed by atoms with van der Waals surface area (Å²) in [5.41, 5.74) is 0. The van der Waals surface area contributed by atoms with Gasteiger partial charge in [0.05, 0.1) is 19.0 Å². The normalized spacial score (nSPS) is 12.9. The predicted octanol–water partition coefficient (Wildman–Crippen LogP) is 0.603. The number of hydrogen-bond acceptors (Lipinski definition) is 2. The second kappa shape index (κ2) is 3.17. The Morgan fingerprint density at radius 2 is 2.60 bits per heavy atom. The maximum atomic E-state index is 8.78. The van der Waals surface area contributed by atoms with Gasteiger partial charge in [0.2, 0.25) is 0 Å². The highest BCUT2D eigenvalue weighted by molar-refractivity contribution is 4.89. The van der Waals surface area contributed by atoms with E-state index in [1.807, 2.05) is 0 Å². The molecule has 0 radical (unpaired) electrons. The molecule has 0 aliphatic rings. The van der Waals surface area contributed by atoms with Crippen molar-refractivity contribution in [3.63, 3.8) is 0 Å². The first-order valence-corrected chi connectivity index (χ1v) is 3.09. The Morgan fingerprint density at radius 1 is 1.80 bits per heavy atom. The van der Waals surface area contributed by atoms with Crippen molar-refractivity contribution in [3.8, 4) is 0 Å². The third-order valence-corrected chi connectivity index (χ3v) is 1.37. The summed E-state index contributed by atoms with van der Waals surface area (Å²) < 4.78 is 1.80. The van der Waals surface area contributed by atoms with Gasteiger partial charge in [0.15, 0.2) is 0 Å². The molecular weight excluding hydrogens is 128 g/mol. The molecule has 0 saturated carbocycles. The van der Waals surface area contributed by atoms with Crippen molar-refractivity contribution in [2.45, 2.75) is 6.04 Å². The molecule has 3 nitrogen and oxygen atoms in total. The van der Waals surface area contributed by atoms with Gasteiger partial charge in [-0.2, -0.15) is 0 Å². The first-order valence-electron chi connectivity index (χ1n) is 3.09. The largest absolute Gasteiger partial charge is 0.394 e. The van der Waals surface area contributed by atoms with E-state index in [1.54, 1.807) is 29.4 Å². The average Bonchev–Trinajstić information content (AvgIpc) is 2.43. The Hall–Kier alpha value is -1.09. The van der Waals surface area contributed by atoms with Crippen LogP contribution in [0.5, 0.6) is 0 Å². The van der Waals surface area contributed by atoms with Crippen LogP contribution in [0, 0.1) is 0 Å². The Morgan fingerprint density at radius 3 is 3.00 bits per heavy atom. The molecule has 0 saturated heterocycles. The third-order valence-electron chi connectivity index (χ3n) is 1.37. The van der Waals surface area contributed by atoms with Gasteiger partial charge >= 0.3 is 0 Å². The first-order chi connectivity index (χ1) is 4.88. The van der Waals surface area contributed by atoms with E-state index in [9.17, 15) is 0 Å². The molecule has 0 amide bonds. The Kier molecular flexibility index (Phi) is 2.23. The lowest BCUT2D eigenvalue weighted by Gasteiger charge is -2.08. The number of hydrogen-bond donors (Lipinski definition) is 1. The van der Waals surface area contributed by atoms with Crippen LogP contribution in [0.15, 0.2) is 31.4 Å². The minimum absolute atomic E-state index is 0.0394. The van der Waals surface area contributed by atoms with Crippen molar-refractivity contribution in [2.24, 2.45) is 0 Å². The second-order valence-corrected chi connectivity index (χ2v) is 2.00. The summed E-state index contributed by atoms with van der Waals surface area (Å²) in [6, 6.07) is -0.0394. The zero-order chi connectivity index (χ0) is 7.40. The maximum absolute atomic E-state index is 8.78. The number of rotatable bonds is 3. The molecule has 0 bridgehead atoms. The van der Waals surface area contributed by atoms with Crippen LogP contribution in [0.25, 0.3) is 0 Å². The lowest BCUT2D eigenvalue weighted by atomic mass is 10.3. The van der Waals surface area contributed by atoms with Crippen molar-refractivity contribution in [2.75, 3.05) is 6.61 Å². The molecular formula is C7H10N2O. The number of aromatic nitrogens is 2. The smallest absolute Gasteiger partial charge is 0.0952 e. The van der Waals surface area contributed by atoms with Crippen molar-refractivity contribution < 1.29 is 5.11 Å². The summed E-state index contributed by atoms with van der Waals surface area (Å²) in [5, 5.41) is 8.78. The van der Waals surface area contributed by atoms with Gasteiger partial charge in [0.25, 0.3) is 0 Å². The van der Waals surface area contributed by atoms with Gasteiger partial charge in [-0.05, 0) is 0 Å². The van der Waals surface area contributed by atoms with Crippen LogP contribution in [-0.2, 0) is 0 Å². The standard InChI is InChI=1S/C7H10N2O/c1-2-7(5-10)9-4-3-8-6-9/h2-4,6-7,10H,1,5H2. The lowest BCUT2D eigenvalue weighted by Crippen LogP contribution is -2.07. The fourth-order valence-corrected chi connectivity index (χ4v) is 0.756. The van der Waals surface area contributed by atoms with Crippen LogP contribution < -0.4 is 0 Å². The molecule has 1 N–H and O–H groups in total. The molecule has 0 aromatic carbocycles. The van der Waals surface area contributed by atoms with E-state index >= 15 is 0 Å². The minimum Gasteiger partial charge on any atom is -0.394 e. The summed E-state index contributed by atoms with van der Waals surface area (Å²) in [7, 11) is 0. The Bertz CT molecular complexity index is 193. The topological polar surface area (TPSA) is 38.0 Å².